The molecule has 0 aliphatic heterocycles. The molecule has 0 spiro atoms. The molecule has 0 aliphatic carbocycles. The lowest BCUT2D eigenvalue weighted by Gasteiger charge is -2.13. The molecule has 0 radical (unpaired) electrons. The highest BCUT2D eigenvalue weighted by molar-refractivity contribution is 6.17. The average molecular weight is 254 g/mol. The minimum absolute atomic E-state index is 0.349. The topological polar surface area (TPSA) is 42.2 Å². The van der Waals surface area contributed by atoms with Gasteiger partial charge in [-0.3, -0.25) is 0 Å². The Morgan fingerprint density at radius 2 is 2.24 bits per heavy atom. The van der Waals surface area contributed by atoms with Crippen LogP contribution < -0.4 is 9.47 Å². The molecule has 1 rings (SSSR count). The van der Waals surface area contributed by atoms with Gasteiger partial charge in [-0.05, 0) is 19.4 Å². The Morgan fingerprint density at radius 3 is 2.82 bits per heavy atom. The molecule has 1 unspecified atom stereocenters. The maximum atomic E-state index is 8.73. The van der Waals surface area contributed by atoms with Gasteiger partial charge < -0.3 is 9.47 Å². The number of benzene rings is 1. The van der Waals surface area contributed by atoms with Crippen LogP contribution in [0.5, 0.6) is 11.5 Å². The van der Waals surface area contributed by atoms with Crippen molar-refractivity contribution in [1.82, 2.24) is 0 Å². The highest BCUT2D eigenvalue weighted by Gasteiger charge is 2.08. The normalized spacial score (nSPS) is 11.6. The van der Waals surface area contributed by atoms with Crippen molar-refractivity contribution in [2.45, 2.75) is 32.3 Å². The van der Waals surface area contributed by atoms with Crippen molar-refractivity contribution < 1.29 is 9.47 Å². The van der Waals surface area contributed by atoms with E-state index >= 15 is 0 Å². The summed E-state index contributed by atoms with van der Waals surface area (Å²) >= 11 is 5.81. The summed E-state index contributed by atoms with van der Waals surface area (Å²) in [5.74, 6) is 1.70. The second-order valence-corrected chi connectivity index (χ2v) is 3.91. The van der Waals surface area contributed by atoms with Crippen molar-refractivity contribution in [3.63, 3.8) is 0 Å². The minimum atomic E-state index is -0.501. The molecule has 0 fully saturated rings. The van der Waals surface area contributed by atoms with Gasteiger partial charge in [0.15, 0.2) is 6.10 Å². The molecule has 0 aromatic heterocycles. The van der Waals surface area contributed by atoms with Gasteiger partial charge in [-0.2, -0.15) is 5.26 Å². The molecule has 0 heterocycles. The molecule has 0 N–H and O–H groups in total. The number of hydrogen-bond donors (Lipinski definition) is 0. The van der Waals surface area contributed by atoms with Crippen LogP contribution in [0.2, 0.25) is 0 Å². The molecule has 0 bridgehead atoms. The first-order valence-electron chi connectivity index (χ1n) is 5.59. The summed E-state index contributed by atoms with van der Waals surface area (Å²) in [4.78, 5) is 0. The molecular weight excluding hydrogens is 238 g/mol. The lowest BCUT2D eigenvalue weighted by Crippen LogP contribution is -2.09. The van der Waals surface area contributed by atoms with Crippen LogP contribution in [0, 0.1) is 11.3 Å². The van der Waals surface area contributed by atoms with Crippen molar-refractivity contribution in [3.05, 3.63) is 23.8 Å². The Hall–Kier alpha value is -1.40. The van der Waals surface area contributed by atoms with Crippen LogP contribution >= 0.6 is 11.6 Å². The maximum absolute atomic E-state index is 8.73. The maximum Gasteiger partial charge on any atom is 0.181 e. The molecule has 0 saturated carbocycles. The van der Waals surface area contributed by atoms with E-state index in [0.717, 1.165) is 17.7 Å². The van der Waals surface area contributed by atoms with E-state index in [1.54, 1.807) is 13.0 Å². The monoisotopic (exact) mass is 253 g/mol. The molecule has 0 amide bonds. The number of halogens is 1. The zero-order valence-electron chi connectivity index (χ0n) is 10.1. The zero-order chi connectivity index (χ0) is 12.7. The summed E-state index contributed by atoms with van der Waals surface area (Å²) in [6.45, 7) is 4.40. The number of ether oxygens (including phenoxy) is 2. The zero-order valence-corrected chi connectivity index (χ0v) is 10.8. The van der Waals surface area contributed by atoms with Crippen molar-refractivity contribution >= 4 is 11.6 Å². The van der Waals surface area contributed by atoms with Crippen LogP contribution in [-0.2, 0) is 5.88 Å². The molecule has 17 heavy (non-hydrogen) atoms. The van der Waals surface area contributed by atoms with Gasteiger partial charge in [0, 0.05) is 11.6 Å². The second-order valence-electron chi connectivity index (χ2n) is 3.64. The van der Waals surface area contributed by atoms with Crippen LogP contribution in [0.15, 0.2) is 18.2 Å². The van der Waals surface area contributed by atoms with Gasteiger partial charge in [-0.25, -0.2) is 0 Å². The number of nitrogens with zero attached hydrogens (tertiary/aromatic N) is 1. The Bertz CT molecular complexity index is 401. The largest absolute Gasteiger partial charge is 0.493 e. The van der Waals surface area contributed by atoms with E-state index in [0.29, 0.717) is 18.2 Å². The van der Waals surface area contributed by atoms with Crippen LogP contribution in [-0.4, -0.2) is 12.7 Å². The molecule has 1 atom stereocenters. The van der Waals surface area contributed by atoms with Gasteiger partial charge in [-0.1, -0.05) is 13.0 Å². The Morgan fingerprint density at radius 1 is 1.47 bits per heavy atom. The third-order valence-electron chi connectivity index (χ3n) is 2.14. The summed E-state index contributed by atoms with van der Waals surface area (Å²) < 4.78 is 11.0. The van der Waals surface area contributed by atoms with Gasteiger partial charge in [0.05, 0.1) is 12.5 Å². The van der Waals surface area contributed by atoms with Crippen LogP contribution in [0.4, 0.5) is 0 Å². The van der Waals surface area contributed by atoms with E-state index in [9.17, 15) is 0 Å². The van der Waals surface area contributed by atoms with Crippen molar-refractivity contribution in [3.8, 4) is 17.6 Å². The molecule has 1 aromatic carbocycles. The predicted molar refractivity (Wildman–Crippen MR) is 67.5 cm³/mol. The lowest BCUT2D eigenvalue weighted by molar-refractivity contribution is 0.269. The summed E-state index contributed by atoms with van der Waals surface area (Å²) in [6.07, 6.45) is 0.445. The summed E-state index contributed by atoms with van der Waals surface area (Å²) in [5.41, 5.74) is 0.859. The van der Waals surface area contributed by atoms with E-state index in [1.807, 2.05) is 25.1 Å². The number of nitriles is 1. The molecular formula is C13H16ClNO2. The first kappa shape index (κ1) is 13.7. The summed E-state index contributed by atoms with van der Waals surface area (Å²) in [6, 6.07) is 7.52. The van der Waals surface area contributed by atoms with Crippen molar-refractivity contribution in [1.29, 1.82) is 5.26 Å². The van der Waals surface area contributed by atoms with Crippen LogP contribution in [0.25, 0.3) is 0 Å². The molecule has 0 aliphatic rings. The smallest absolute Gasteiger partial charge is 0.181 e. The Kier molecular flexibility index (Phi) is 5.65. The van der Waals surface area contributed by atoms with Crippen LogP contribution in [0.1, 0.15) is 25.8 Å². The molecule has 0 saturated heterocycles. The third kappa shape index (κ3) is 4.16. The van der Waals surface area contributed by atoms with E-state index in [2.05, 4.69) is 0 Å². The minimum Gasteiger partial charge on any atom is -0.493 e. The fourth-order valence-electron chi connectivity index (χ4n) is 1.28. The van der Waals surface area contributed by atoms with Crippen molar-refractivity contribution in [2.24, 2.45) is 0 Å². The number of rotatable bonds is 6. The molecule has 92 valence electrons. The first-order valence-corrected chi connectivity index (χ1v) is 6.12. The quantitative estimate of drug-likeness (QED) is 0.729. The SMILES string of the molecule is CCCOc1ccc(CCl)c(OC(C)C#N)c1. The fourth-order valence-corrected chi connectivity index (χ4v) is 1.50. The third-order valence-corrected chi connectivity index (χ3v) is 2.43. The van der Waals surface area contributed by atoms with E-state index < -0.39 is 6.10 Å². The Labute approximate surface area is 107 Å². The van der Waals surface area contributed by atoms with Crippen LogP contribution in [0.3, 0.4) is 0 Å². The molecule has 4 heteroatoms. The van der Waals surface area contributed by atoms with Gasteiger partial charge in [-0.15, -0.1) is 11.6 Å². The highest BCUT2D eigenvalue weighted by Crippen LogP contribution is 2.27. The summed E-state index contributed by atoms with van der Waals surface area (Å²) in [7, 11) is 0. The fraction of sp³-hybridized carbons (Fsp3) is 0.462. The van der Waals surface area contributed by atoms with Gasteiger partial charge in [0.1, 0.15) is 17.6 Å². The average Bonchev–Trinajstić information content (AvgIpc) is 2.36. The second kappa shape index (κ2) is 7.03. The molecule has 1 aromatic rings. The van der Waals surface area contributed by atoms with Crippen molar-refractivity contribution in [2.75, 3.05) is 6.61 Å². The standard InChI is InChI=1S/C13H16ClNO2/c1-3-6-16-12-5-4-11(8-14)13(7-12)17-10(2)9-15/h4-5,7,10H,3,6,8H2,1-2H3. The van der Waals surface area contributed by atoms with Gasteiger partial charge in [0.25, 0.3) is 0 Å². The number of alkyl halides is 1. The number of hydrogen-bond acceptors (Lipinski definition) is 3. The lowest BCUT2D eigenvalue weighted by atomic mass is 10.2. The first-order chi connectivity index (χ1) is 8.21. The van der Waals surface area contributed by atoms with E-state index in [1.165, 1.54) is 0 Å². The van der Waals surface area contributed by atoms with E-state index in [4.69, 9.17) is 26.3 Å². The Balaban J connectivity index is 2.86. The van der Waals surface area contributed by atoms with E-state index in [-0.39, 0.29) is 0 Å². The van der Waals surface area contributed by atoms with Gasteiger partial charge >= 0.3 is 0 Å². The highest BCUT2D eigenvalue weighted by atomic mass is 35.5. The van der Waals surface area contributed by atoms with Gasteiger partial charge in [0.2, 0.25) is 0 Å². The predicted octanol–water partition coefficient (Wildman–Crippen LogP) is 3.51. The molecule has 3 nitrogen and oxygen atoms in total. The summed E-state index contributed by atoms with van der Waals surface area (Å²) in [5, 5.41) is 8.73.